The molecular weight excluding hydrogens is 260 g/mol. The van der Waals surface area contributed by atoms with Crippen LogP contribution in [0.2, 0.25) is 0 Å². The van der Waals surface area contributed by atoms with Gasteiger partial charge in [0.1, 0.15) is 0 Å². The lowest BCUT2D eigenvalue weighted by Crippen LogP contribution is -2.59. The van der Waals surface area contributed by atoms with E-state index in [2.05, 4.69) is 44.8 Å². The third-order valence-corrected chi connectivity index (χ3v) is 5.24. The number of hydrogen-bond acceptors (Lipinski definition) is 3. The van der Waals surface area contributed by atoms with Crippen LogP contribution >= 0.6 is 0 Å². The first-order chi connectivity index (χ1) is 10.1. The molecule has 1 rings (SSSR count). The van der Waals surface area contributed by atoms with Crippen LogP contribution in [-0.2, 0) is 4.74 Å². The molecular formula is C18H38N2O. The molecule has 0 radical (unpaired) electrons. The molecule has 126 valence electrons. The van der Waals surface area contributed by atoms with E-state index in [4.69, 9.17) is 4.74 Å². The van der Waals surface area contributed by atoms with E-state index in [9.17, 15) is 0 Å². The smallest absolute Gasteiger partial charge is 0.0589 e. The van der Waals surface area contributed by atoms with Crippen LogP contribution in [0, 0.1) is 11.8 Å². The number of methoxy groups -OCH3 is 1. The van der Waals surface area contributed by atoms with E-state index in [0.29, 0.717) is 18.1 Å². The van der Waals surface area contributed by atoms with Crippen molar-refractivity contribution >= 4 is 0 Å². The molecule has 0 aromatic rings. The highest BCUT2D eigenvalue weighted by Gasteiger charge is 2.38. The lowest BCUT2D eigenvalue weighted by molar-refractivity contribution is 0.0105. The van der Waals surface area contributed by atoms with Crippen LogP contribution in [0.1, 0.15) is 60.3 Å². The maximum atomic E-state index is 5.39. The second-order valence-corrected chi connectivity index (χ2v) is 6.91. The fourth-order valence-corrected chi connectivity index (χ4v) is 4.39. The summed E-state index contributed by atoms with van der Waals surface area (Å²) in [5, 5.41) is 3.77. The van der Waals surface area contributed by atoms with Crippen molar-refractivity contribution in [1.29, 1.82) is 0 Å². The number of ether oxygens (including phenoxy) is 1. The molecule has 1 aliphatic carbocycles. The summed E-state index contributed by atoms with van der Waals surface area (Å²) >= 11 is 0. The zero-order chi connectivity index (χ0) is 15.8. The molecule has 1 N–H and O–H groups in total. The summed E-state index contributed by atoms with van der Waals surface area (Å²) in [4.78, 5) is 2.76. The van der Waals surface area contributed by atoms with Crippen molar-refractivity contribution in [2.45, 2.75) is 78.4 Å². The summed E-state index contributed by atoms with van der Waals surface area (Å²) in [7, 11) is 1.82. The molecule has 1 fully saturated rings. The number of nitrogens with one attached hydrogen (secondary N) is 1. The van der Waals surface area contributed by atoms with Crippen LogP contribution in [0.15, 0.2) is 0 Å². The molecule has 4 atom stereocenters. The molecule has 0 aromatic heterocycles. The van der Waals surface area contributed by atoms with E-state index in [1.165, 1.54) is 25.7 Å². The summed E-state index contributed by atoms with van der Waals surface area (Å²) < 4.78 is 5.39. The van der Waals surface area contributed by atoms with Gasteiger partial charge in [0.15, 0.2) is 0 Å². The minimum absolute atomic E-state index is 0.631. The topological polar surface area (TPSA) is 24.5 Å². The Balaban J connectivity index is 2.92. The Labute approximate surface area is 132 Å². The van der Waals surface area contributed by atoms with Gasteiger partial charge >= 0.3 is 0 Å². The second kappa shape index (κ2) is 9.81. The molecule has 0 saturated heterocycles. The third-order valence-electron chi connectivity index (χ3n) is 5.24. The number of nitrogens with zero attached hydrogens (tertiary/aromatic N) is 1. The van der Waals surface area contributed by atoms with Crippen molar-refractivity contribution in [2.24, 2.45) is 11.8 Å². The monoisotopic (exact) mass is 298 g/mol. The first-order valence-electron chi connectivity index (χ1n) is 9.06. The van der Waals surface area contributed by atoms with Gasteiger partial charge in [-0.3, -0.25) is 4.90 Å². The van der Waals surface area contributed by atoms with Gasteiger partial charge < -0.3 is 10.1 Å². The fourth-order valence-electron chi connectivity index (χ4n) is 4.39. The van der Waals surface area contributed by atoms with E-state index in [1.54, 1.807) is 0 Å². The minimum Gasteiger partial charge on any atom is -0.383 e. The lowest BCUT2D eigenvalue weighted by Gasteiger charge is -2.48. The van der Waals surface area contributed by atoms with Gasteiger partial charge in [-0.15, -0.1) is 0 Å². The van der Waals surface area contributed by atoms with Crippen molar-refractivity contribution in [3.8, 4) is 0 Å². The molecule has 1 aliphatic rings. The molecule has 0 bridgehead atoms. The Hall–Kier alpha value is -0.120. The molecule has 21 heavy (non-hydrogen) atoms. The van der Waals surface area contributed by atoms with Gasteiger partial charge in [-0.25, -0.2) is 0 Å². The van der Waals surface area contributed by atoms with Crippen molar-refractivity contribution in [2.75, 3.05) is 26.8 Å². The Morgan fingerprint density at radius 3 is 2.33 bits per heavy atom. The average molecular weight is 299 g/mol. The summed E-state index contributed by atoms with van der Waals surface area (Å²) in [5.41, 5.74) is 0. The standard InChI is InChI=1S/C18H38N2O/c1-7-16(8-2)20(10-11-21-6)18-15(5)12-14(4)13-17(18)19-9-3/h14-19H,7-13H2,1-6H3. The summed E-state index contributed by atoms with van der Waals surface area (Å²) in [6, 6.07) is 1.97. The molecule has 0 amide bonds. The van der Waals surface area contributed by atoms with Crippen LogP contribution in [0.5, 0.6) is 0 Å². The largest absolute Gasteiger partial charge is 0.383 e. The van der Waals surface area contributed by atoms with Crippen LogP contribution in [0.3, 0.4) is 0 Å². The van der Waals surface area contributed by atoms with Crippen LogP contribution in [0.25, 0.3) is 0 Å². The van der Waals surface area contributed by atoms with E-state index >= 15 is 0 Å². The Kier molecular flexibility index (Phi) is 8.84. The Morgan fingerprint density at radius 2 is 1.81 bits per heavy atom. The highest BCUT2D eigenvalue weighted by molar-refractivity contribution is 4.95. The molecule has 3 nitrogen and oxygen atoms in total. The minimum atomic E-state index is 0.631. The fraction of sp³-hybridized carbons (Fsp3) is 1.00. The Bertz CT molecular complexity index is 268. The average Bonchev–Trinajstić information content (AvgIpc) is 2.44. The van der Waals surface area contributed by atoms with Crippen molar-refractivity contribution in [3.05, 3.63) is 0 Å². The molecule has 0 aliphatic heterocycles. The summed E-state index contributed by atoms with van der Waals surface area (Å²) in [6.07, 6.45) is 5.14. The number of rotatable bonds is 9. The lowest BCUT2D eigenvalue weighted by atomic mass is 9.75. The zero-order valence-electron chi connectivity index (χ0n) is 15.2. The third kappa shape index (κ3) is 5.22. The van der Waals surface area contributed by atoms with Gasteiger partial charge in [-0.1, -0.05) is 34.6 Å². The highest BCUT2D eigenvalue weighted by atomic mass is 16.5. The predicted molar refractivity (Wildman–Crippen MR) is 91.8 cm³/mol. The van der Waals surface area contributed by atoms with E-state index in [-0.39, 0.29) is 0 Å². The van der Waals surface area contributed by atoms with Gasteiger partial charge in [-0.2, -0.15) is 0 Å². The van der Waals surface area contributed by atoms with Crippen molar-refractivity contribution in [3.63, 3.8) is 0 Å². The SMILES string of the molecule is CCNC1CC(C)CC(C)C1N(CCOC)C(CC)CC. The maximum Gasteiger partial charge on any atom is 0.0589 e. The molecule has 0 heterocycles. The van der Waals surface area contributed by atoms with Crippen LogP contribution < -0.4 is 5.32 Å². The highest BCUT2D eigenvalue weighted by Crippen LogP contribution is 2.34. The van der Waals surface area contributed by atoms with Crippen molar-refractivity contribution < 1.29 is 4.74 Å². The van der Waals surface area contributed by atoms with Crippen molar-refractivity contribution in [1.82, 2.24) is 10.2 Å². The van der Waals surface area contributed by atoms with Gasteiger partial charge in [-0.05, 0) is 44.1 Å². The van der Waals surface area contributed by atoms with Crippen LogP contribution in [0.4, 0.5) is 0 Å². The number of likely N-dealkylation sites (N-methyl/N-ethyl adjacent to an activating group) is 1. The molecule has 0 spiro atoms. The van der Waals surface area contributed by atoms with E-state index in [0.717, 1.165) is 31.5 Å². The van der Waals surface area contributed by atoms with Gasteiger partial charge in [0.25, 0.3) is 0 Å². The second-order valence-electron chi connectivity index (χ2n) is 6.91. The first-order valence-corrected chi connectivity index (χ1v) is 9.06. The summed E-state index contributed by atoms with van der Waals surface area (Å²) in [5.74, 6) is 1.60. The van der Waals surface area contributed by atoms with Gasteiger partial charge in [0.2, 0.25) is 0 Å². The molecule has 0 aromatic carbocycles. The van der Waals surface area contributed by atoms with E-state index < -0.39 is 0 Å². The maximum absolute atomic E-state index is 5.39. The zero-order valence-corrected chi connectivity index (χ0v) is 15.2. The molecule has 4 unspecified atom stereocenters. The normalized spacial score (nSPS) is 30.3. The molecule has 1 saturated carbocycles. The quantitative estimate of drug-likeness (QED) is 0.704. The van der Waals surface area contributed by atoms with E-state index in [1.807, 2.05) is 7.11 Å². The number of hydrogen-bond donors (Lipinski definition) is 1. The first kappa shape index (κ1) is 18.9. The van der Waals surface area contributed by atoms with Gasteiger partial charge in [0.05, 0.1) is 6.61 Å². The predicted octanol–water partition coefficient (Wildman–Crippen LogP) is 3.54. The van der Waals surface area contributed by atoms with Crippen LogP contribution in [-0.4, -0.2) is 49.8 Å². The summed E-state index contributed by atoms with van der Waals surface area (Å²) in [6.45, 7) is 14.7. The van der Waals surface area contributed by atoms with Gasteiger partial charge in [0, 0.05) is 31.8 Å². The molecule has 3 heteroatoms. The Morgan fingerprint density at radius 1 is 1.14 bits per heavy atom.